The third-order valence-electron chi connectivity index (χ3n) is 4.20. The van der Waals surface area contributed by atoms with Gasteiger partial charge < -0.3 is 10.3 Å². The van der Waals surface area contributed by atoms with E-state index < -0.39 is 0 Å². The van der Waals surface area contributed by atoms with E-state index in [9.17, 15) is 4.79 Å². The lowest BCUT2D eigenvalue weighted by atomic mass is 10.0. The van der Waals surface area contributed by atoms with Crippen molar-refractivity contribution in [3.63, 3.8) is 0 Å². The Labute approximate surface area is 123 Å². The van der Waals surface area contributed by atoms with Gasteiger partial charge in [0.2, 0.25) is 0 Å². The lowest BCUT2D eigenvalue weighted by Crippen LogP contribution is -2.34. The second-order valence-corrected chi connectivity index (χ2v) is 5.67. The normalized spacial score (nSPS) is 15.8. The lowest BCUT2D eigenvalue weighted by Gasteiger charge is -2.17. The quantitative estimate of drug-likeness (QED) is 0.754. The Balaban J connectivity index is 1.61. The standard InChI is InChI=1S/C18H16N2O/c21-17(16-12-13-6-4-5-9-15(13)19-16)20-18(10-11-18)14-7-2-1-3-8-14/h1-9,12,19H,10-11H2,(H,20,21). The maximum Gasteiger partial charge on any atom is 0.268 e. The number of fused-ring (bicyclic) bond motifs is 1. The molecule has 104 valence electrons. The summed E-state index contributed by atoms with van der Waals surface area (Å²) in [6, 6.07) is 20.0. The number of carbonyl (C=O) groups excluding carboxylic acids is 1. The molecule has 3 nitrogen and oxygen atoms in total. The minimum Gasteiger partial charge on any atom is -0.351 e. The molecule has 1 saturated carbocycles. The van der Waals surface area contributed by atoms with Crippen LogP contribution in [0.15, 0.2) is 60.7 Å². The van der Waals surface area contributed by atoms with Crippen LogP contribution in [0.5, 0.6) is 0 Å². The molecule has 1 fully saturated rings. The lowest BCUT2D eigenvalue weighted by molar-refractivity contribution is 0.0926. The van der Waals surface area contributed by atoms with Crippen LogP contribution in [0, 0.1) is 0 Å². The van der Waals surface area contributed by atoms with E-state index in [0.717, 1.165) is 23.7 Å². The fraction of sp³-hybridized carbons (Fsp3) is 0.167. The van der Waals surface area contributed by atoms with Crippen LogP contribution in [0.25, 0.3) is 10.9 Å². The van der Waals surface area contributed by atoms with Crippen LogP contribution in [-0.2, 0) is 5.54 Å². The maximum atomic E-state index is 12.5. The molecule has 4 rings (SSSR count). The van der Waals surface area contributed by atoms with Crippen LogP contribution in [0.1, 0.15) is 28.9 Å². The molecule has 1 aliphatic carbocycles. The first-order valence-corrected chi connectivity index (χ1v) is 7.23. The van der Waals surface area contributed by atoms with E-state index in [1.807, 2.05) is 48.5 Å². The summed E-state index contributed by atoms with van der Waals surface area (Å²) in [5, 5.41) is 4.25. The van der Waals surface area contributed by atoms with Gasteiger partial charge in [-0.1, -0.05) is 48.5 Å². The number of nitrogens with one attached hydrogen (secondary N) is 2. The highest BCUT2D eigenvalue weighted by atomic mass is 16.2. The zero-order chi connectivity index (χ0) is 14.3. The second kappa shape index (κ2) is 4.48. The van der Waals surface area contributed by atoms with E-state index in [1.165, 1.54) is 5.56 Å². The van der Waals surface area contributed by atoms with Crippen LogP contribution < -0.4 is 5.32 Å². The molecule has 1 aromatic heterocycles. The molecular formula is C18H16N2O. The fourth-order valence-corrected chi connectivity index (χ4v) is 2.85. The zero-order valence-corrected chi connectivity index (χ0v) is 11.6. The number of carbonyl (C=O) groups is 1. The van der Waals surface area contributed by atoms with Gasteiger partial charge in [-0.25, -0.2) is 0 Å². The Bertz CT molecular complexity index is 767. The summed E-state index contributed by atoms with van der Waals surface area (Å²) in [6.45, 7) is 0. The number of amides is 1. The van der Waals surface area contributed by atoms with Gasteiger partial charge in [0.05, 0.1) is 5.54 Å². The minimum atomic E-state index is -0.171. The number of H-pyrrole nitrogens is 1. The van der Waals surface area contributed by atoms with Crippen LogP contribution in [-0.4, -0.2) is 10.9 Å². The molecule has 0 bridgehead atoms. The summed E-state index contributed by atoms with van der Waals surface area (Å²) >= 11 is 0. The van der Waals surface area contributed by atoms with Crippen LogP contribution in [0.2, 0.25) is 0 Å². The monoisotopic (exact) mass is 276 g/mol. The average molecular weight is 276 g/mol. The molecule has 0 aliphatic heterocycles. The summed E-state index contributed by atoms with van der Waals surface area (Å²) in [7, 11) is 0. The van der Waals surface area contributed by atoms with Crippen molar-refractivity contribution in [3.8, 4) is 0 Å². The first-order valence-electron chi connectivity index (χ1n) is 7.23. The van der Waals surface area contributed by atoms with E-state index in [2.05, 4.69) is 22.4 Å². The highest BCUT2D eigenvalue weighted by molar-refractivity contribution is 5.98. The SMILES string of the molecule is O=C(NC1(c2ccccc2)CC1)c1cc2ccccc2[nH]1. The molecule has 21 heavy (non-hydrogen) atoms. The van der Waals surface area contributed by atoms with Gasteiger partial charge in [0.1, 0.15) is 5.69 Å². The van der Waals surface area contributed by atoms with Crippen LogP contribution in [0.4, 0.5) is 0 Å². The smallest absolute Gasteiger partial charge is 0.268 e. The van der Waals surface area contributed by atoms with Crippen molar-refractivity contribution in [3.05, 3.63) is 71.9 Å². The third kappa shape index (κ3) is 2.11. The summed E-state index contributed by atoms with van der Waals surface area (Å²) in [6.07, 6.45) is 2.01. The van der Waals surface area contributed by atoms with E-state index in [1.54, 1.807) is 0 Å². The number of rotatable bonds is 3. The van der Waals surface area contributed by atoms with Crippen molar-refractivity contribution in [1.82, 2.24) is 10.3 Å². The molecule has 1 amide bonds. The molecule has 0 saturated heterocycles. The Hall–Kier alpha value is -2.55. The Morgan fingerprint density at radius 2 is 1.71 bits per heavy atom. The van der Waals surface area contributed by atoms with E-state index in [0.29, 0.717) is 5.69 Å². The molecule has 0 radical (unpaired) electrons. The molecule has 0 unspecified atom stereocenters. The van der Waals surface area contributed by atoms with Gasteiger partial charge in [0, 0.05) is 10.9 Å². The molecule has 1 aliphatic rings. The first-order chi connectivity index (χ1) is 10.3. The number of hydrogen-bond donors (Lipinski definition) is 2. The molecular weight excluding hydrogens is 260 g/mol. The number of aromatic amines is 1. The van der Waals surface area contributed by atoms with E-state index >= 15 is 0 Å². The maximum absolute atomic E-state index is 12.5. The molecule has 2 N–H and O–H groups in total. The topological polar surface area (TPSA) is 44.9 Å². The summed E-state index contributed by atoms with van der Waals surface area (Å²) in [5.74, 6) is -0.0347. The largest absolute Gasteiger partial charge is 0.351 e. The number of benzene rings is 2. The number of aromatic nitrogens is 1. The molecule has 0 spiro atoms. The zero-order valence-electron chi connectivity index (χ0n) is 11.6. The number of para-hydroxylation sites is 1. The van der Waals surface area contributed by atoms with Crippen molar-refractivity contribution in [2.75, 3.05) is 0 Å². The van der Waals surface area contributed by atoms with Crippen LogP contribution >= 0.6 is 0 Å². The van der Waals surface area contributed by atoms with Crippen molar-refractivity contribution < 1.29 is 4.79 Å². The van der Waals surface area contributed by atoms with Gasteiger partial charge in [-0.2, -0.15) is 0 Å². The second-order valence-electron chi connectivity index (χ2n) is 5.67. The predicted molar refractivity (Wildman–Crippen MR) is 83.1 cm³/mol. The van der Waals surface area contributed by atoms with Crippen molar-refractivity contribution in [1.29, 1.82) is 0 Å². The van der Waals surface area contributed by atoms with Gasteiger partial charge in [0.15, 0.2) is 0 Å². The molecule has 3 aromatic rings. The first kappa shape index (κ1) is 12.2. The molecule has 3 heteroatoms. The molecule has 1 heterocycles. The van der Waals surface area contributed by atoms with Crippen molar-refractivity contribution in [2.24, 2.45) is 0 Å². The van der Waals surface area contributed by atoms with Gasteiger partial charge in [-0.05, 0) is 30.5 Å². The summed E-state index contributed by atoms with van der Waals surface area (Å²) < 4.78 is 0. The number of hydrogen-bond acceptors (Lipinski definition) is 1. The highest BCUT2D eigenvalue weighted by Gasteiger charge is 2.45. The Morgan fingerprint density at radius 3 is 2.43 bits per heavy atom. The van der Waals surface area contributed by atoms with Crippen molar-refractivity contribution >= 4 is 16.8 Å². The van der Waals surface area contributed by atoms with Gasteiger partial charge in [-0.15, -0.1) is 0 Å². The van der Waals surface area contributed by atoms with Crippen LogP contribution in [0.3, 0.4) is 0 Å². The summed E-state index contributed by atoms with van der Waals surface area (Å²) in [5.41, 5.74) is 2.63. The van der Waals surface area contributed by atoms with E-state index in [-0.39, 0.29) is 11.4 Å². The Kier molecular flexibility index (Phi) is 2.61. The van der Waals surface area contributed by atoms with Crippen molar-refractivity contribution in [2.45, 2.75) is 18.4 Å². The summed E-state index contributed by atoms with van der Waals surface area (Å²) in [4.78, 5) is 15.7. The van der Waals surface area contributed by atoms with E-state index in [4.69, 9.17) is 0 Å². The predicted octanol–water partition coefficient (Wildman–Crippen LogP) is 3.59. The minimum absolute atomic E-state index is 0.0347. The highest BCUT2D eigenvalue weighted by Crippen LogP contribution is 2.45. The average Bonchev–Trinajstić information content (AvgIpc) is 3.17. The van der Waals surface area contributed by atoms with Gasteiger partial charge in [0.25, 0.3) is 5.91 Å². The third-order valence-corrected chi connectivity index (χ3v) is 4.20. The van der Waals surface area contributed by atoms with Gasteiger partial charge >= 0.3 is 0 Å². The fourth-order valence-electron chi connectivity index (χ4n) is 2.85. The molecule has 0 atom stereocenters. The van der Waals surface area contributed by atoms with Gasteiger partial charge in [-0.3, -0.25) is 4.79 Å². The Morgan fingerprint density at radius 1 is 1.00 bits per heavy atom. The molecule has 2 aromatic carbocycles.